The van der Waals surface area contributed by atoms with E-state index < -0.39 is 0 Å². The highest BCUT2D eigenvalue weighted by molar-refractivity contribution is 5.96. The standard InChI is InChI=1S/C19H25N5O3.C4H10/c1-20-16(25)11-21-19(26)17-14-12-23(2)9-6-10-24(14)18(22-17)13-7-4-5-8-15(13)27-3;1-4(2)3/h4-5,7-8H,6,9-12H2,1-3H3,(H,20,25)(H,21,26);4H,1-3H3. The van der Waals surface area contributed by atoms with Crippen LogP contribution in [0.4, 0.5) is 0 Å². The van der Waals surface area contributed by atoms with Crippen LogP contribution >= 0.6 is 0 Å². The number of carbonyl (C=O) groups is 2. The first-order chi connectivity index (χ1) is 14.8. The molecule has 0 saturated carbocycles. The highest BCUT2D eigenvalue weighted by Crippen LogP contribution is 2.32. The lowest BCUT2D eigenvalue weighted by Crippen LogP contribution is -2.36. The van der Waals surface area contributed by atoms with Crippen molar-refractivity contribution in [3.8, 4) is 17.1 Å². The first-order valence-electron chi connectivity index (χ1n) is 10.7. The summed E-state index contributed by atoms with van der Waals surface area (Å²) < 4.78 is 7.58. The second kappa shape index (κ2) is 11.5. The van der Waals surface area contributed by atoms with Crippen molar-refractivity contribution in [2.75, 3.05) is 34.3 Å². The number of nitrogens with one attached hydrogen (secondary N) is 2. The van der Waals surface area contributed by atoms with Crippen molar-refractivity contribution in [3.05, 3.63) is 35.7 Å². The zero-order valence-electron chi connectivity index (χ0n) is 19.5. The highest BCUT2D eigenvalue weighted by atomic mass is 16.5. The van der Waals surface area contributed by atoms with Crippen molar-refractivity contribution in [2.24, 2.45) is 5.92 Å². The van der Waals surface area contributed by atoms with Gasteiger partial charge in [-0.15, -0.1) is 0 Å². The molecule has 0 fully saturated rings. The van der Waals surface area contributed by atoms with Gasteiger partial charge in [-0.25, -0.2) is 4.98 Å². The van der Waals surface area contributed by atoms with E-state index in [1.807, 2.05) is 31.3 Å². The minimum absolute atomic E-state index is 0.0819. The number of rotatable bonds is 5. The Labute approximate surface area is 185 Å². The van der Waals surface area contributed by atoms with E-state index in [-0.39, 0.29) is 18.4 Å². The zero-order chi connectivity index (χ0) is 23.0. The van der Waals surface area contributed by atoms with Crippen LogP contribution in [0.3, 0.4) is 0 Å². The van der Waals surface area contributed by atoms with Crippen molar-refractivity contribution >= 4 is 11.8 Å². The van der Waals surface area contributed by atoms with E-state index in [9.17, 15) is 9.59 Å². The van der Waals surface area contributed by atoms with Crippen LogP contribution in [0.15, 0.2) is 24.3 Å². The first-order valence-corrected chi connectivity index (χ1v) is 10.7. The van der Waals surface area contributed by atoms with Gasteiger partial charge >= 0.3 is 0 Å². The summed E-state index contributed by atoms with van der Waals surface area (Å²) in [6, 6.07) is 7.65. The molecule has 0 atom stereocenters. The average molecular weight is 430 g/mol. The fourth-order valence-electron chi connectivity index (χ4n) is 3.27. The minimum Gasteiger partial charge on any atom is -0.496 e. The summed E-state index contributed by atoms with van der Waals surface area (Å²) >= 11 is 0. The van der Waals surface area contributed by atoms with Gasteiger partial charge in [-0.1, -0.05) is 32.9 Å². The predicted molar refractivity (Wildman–Crippen MR) is 122 cm³/mol. The summed E-state index contributed by atoms with van der Waals surface area (Å²) in [5.41, 5.74) is 2.05. The third kappa shape index (κ3) is 6.55. The molecule has 1 aliphatic rings. The molecule has 3 rings (SSSR count). The highest BCUT2D eigenvalue weighted by Gasteiger charge is 2.27. The molecule has 2 N–H and O–H groups in total. The van der Waals surface area contributed by atoms with E-state index in [2.05, 4.69) is 45.9 Å². The third-order valence-corrected chi connectivity index (χ3v) is 4.67. The summed E-state index contributed by atoms with van der Waals surface area (Å²) in [4.78, 5) is 31.0. The lowest BCUT2D eigenvalue weighted by Gasteiger charge is -2.13. The lowest BCUT2D eigenvalue weighted by atomic mass is 10.2. The molecule has 2 amide bonds. The summed E-state index contributed by atoms with van der Waals surface area (Å²) in [6.45, 7) is 8.74. The largest absolute Gasteiger partial charge is 0.496 e. The summed E-state index contributed by atoms with van der Waals surface area (Å²) in [6.07, 6.45) is 0.960. The Hall–Kier alpha value is -2.87. The van der Waals surface area contributed by atoms with Crippen molar-refractivity contribution in [3.63, 3.8) is 0 Å². The van der Waals surface area contributed by atoms with Crippen molar-refractivity contribution < 1.29 is 14.3 Å². The Morgan fingerprint density at radius 3 is 2.52 bits per heavy atom. The number of benzene rings is 1. The average Bonchev–Trinajstić information content (AvgIpc) is 2.97. The predicted octanol–water partition coefficient (Wildman–Crippen LogP) is 2.53. The van der Waals surface area contributed by atoms with E-state index >= 15 is 0 Å². The number of carbonyl (C=O) groups excluding carboxylic acids is 2. The second-order valence-corrected chi connectivity index (χ2v) is 8.26. The van der Waals surface area contributed by atoms with Gasteiger partial charge in [0.25, 0.3) is 5.91 Å². The minimum atomic E-state index is -0.348. The number of fused-ring (bicyclic) bond motifs is 1. The van der Waals surface area contributed by atoms with Crippen LogP contribution in [-0.4, -0.2) is 60.6 Å². The first kappa shape index (κ1) is 24.4. The Kier molecular flexibility index (Phi) is 9.05. The van der Waals surface area contributed by atoms with E-state index in [1.165, 1.54) is 7.05 Å². The van der Waals surface area contributed by atoms with Crippen molar-refractivity contribution in [1.82, 2.24) is 25.1 Å². The van der Waals surface area contributed by atoms with Gasteiger partial charge in [0.1, 0.15) is 11.6 Å². The molecular formula is C23H35N5O3. The maximum Gasteiger partial charge on any atom is 0.272 e. The van der Waals surface area contributed by atoms with E-state index in [4.69, 9.17) is 4.74 Å². The third-order valence-electron chi connectivity index (χ3n) is 4.67. The topological polar surface area (TPSA) is 88.5 Å². The van der Waals surface area contributed by atoms with Crippen LogP contribution in [0, 0.1) is 5.92 Å². The lowest BCUT2D eigenvalue weighted by molar-refractivity contribution is -0.119. The quantitative estimate of drug-likeness (QED) is 0.763. The van der Waals surface area contributed by atoms with Gasteiger partial charge < -0.3 is 24.8 Å². The van der Waals surface area contributed by atoms with Crippen LogP contribution in [-0.2, 0) is 17.9 Å². The Balaban J connectivity index is 0.000000785. The van der Waals surface area contributed by atoms with Crippen LogP contribution < -0.4 is 15.4 Å². The van der Waals surface area contributed by atoms with Gasteiger partial charge in [0.2, 0.25) is 5.91 Å². The van der Waals surface area contributed by atoms with Crippen molar-refractivity contribution in [2.45, 2.75) is 40.3 Å². The normalized spacial score (nSPS) is 13.5. The molecule has 170 valence electrons. The van der Waals surface area contributed by atoms with Gasteiger partial charge in [0.15, 0.2) is 5.69 Å². The summed E-state index contributed by atoms with van der Waals surface area (Å²) in [5, 5.41) is 5.15. The number of likely N-dealkylation sites (N-methyl/N-ethyl adjacent to an activating group) is 1. The Morgan fingerprint density at radius 1 is 1.19 bits per heavy atom. The number of nitrogens with zero attached hydrogens (tertiary/aromatic N) is 3. The van der Waals surface area contributed by atoms with Crippen LogP contribution in [0.5, 0.6) is 5.75 Å². The number of ether oxygens (including phenoxy) is 1. The summed E-state index contributed by atoms with van der Waals surface area (Å²) in [7, 11) is 5.18. The number of amides is 2. The van der Waals surface area contributed by atoms with Gasteiger partial charge in [-0.05, 0) is 38.1 Å². The van der Waals surface area contributed by atoms with Crippen LogP contribution in [0.1, 0.15) is 43.4 Å². The molecule has 8 heteroatoms. The molecule has 2 heterocycles. The number of hydrogen-bond donors (Lipinski definition) is 2. The molecule has 31 heavy (non-hydrogen) atoms. The molecule has 1 aromatic carbocycles. The molecule has 0 spiro atoms. The van der Waals surface area contributed by atoms with E-state index in [0.717, 1.165) is 36.7 Å². The van der Waals surface area contributed by atoms with Crippen LogP contribution in [0.25, 0.3) is 11.4 Å². The van der Waals surface area contributed by atoms with Gasteiger partial charge in [0, 0.05) is 20.1 Å². The Morgan fingerprint density at radius 2 is 1.87 bits per heavy atom. The van der Waals surface area contributed by atoms with Gasteiger partial charge in [-0.3, -0.25) is 9.59 Å². The summed E-state index contributed by atoms with van der Waals surface area (Å²) in [5.74, 6) is 1.65. The Bertz CT molecular complexity index is 889. The van der Waals surface area contributed by atoms with Crippen molar-refractivity contribution in [1.29, 1.82) is 0 Å². The van der Waals surface area contributed by atoms with E-state index in [1.54, 1.807) is 7.11 Å². The molecule has 1 aliphatic heterocycles. The molecule has 0 unspecified atom stereocenters. The van der Waals surface area contributed by atoms with Gasteiger partial charge in [0.05, 0.1) is 24.9 Å². The number of imidazole rings is 1. The fourth-order valence-corrected chi connectivity index (χ4v) is 3.27. The van der Waals surface area contributed by atoms with Crippen LogP contribution in [0.2, 0.25) is 0 Å². The molecule has 0 bridgehead atoms. The molecular weight excluding hydrogens is 394 g/mol. The molecule has 1 aromatic heterocycles. The zero-order valence-corrected chi connectivity index (χ0v) is 19.5. The number of para-hydroxylation sites is 1. The number of hydrogen-bond acceptors (Lipinski definition) is 5. The monoisotopic (exact) mass is 429 g/mol. The molecule has 8 nitrogen and oxygen atoms in total. The van der Waals surface area contributed by atoms with E-state index in [0.29, 0.717) is 23.8 Å². The smallest absolute Gasteiger partial charge is 0.272 e. The molecule has 0 aliphatic carbocycles. The number of aromatic nitrogens is 2. The second-order valence-electron chi connectivity index (χ2n) is 8.26. The molecule has 0 radical (unpaired) electrons. The molecule has 0 saturated heterocycles. The fraction of sp³-hybridized carbons (Fsp3) is 0.522. The maximum atomic E-state index is 12.7. The van der Waals surface area contributed by atoms with Gasteiger partial charge in [-0.2, -0.15) is 0 Å². The maximum absolute atomic E-state index is 12.7. The number of methoxy groups -OCH3 is 1. The SMILES string of the molecule is CC(C)C.CNC(=O)CNC(=O)c1nc(-c2ccccc2OC)n2c1CN(C)CCC2. The molecule has 2 aromatic rings.